The number of aromatic nitrogens is 1. The summed E-state index contributed by atoms with van der Waals surface area (Å²) in [6, 6.07) is 87.9. The molecule has 0 fully saturated rings. The third-order valence-corrected chi connectivity index (χ3v) is 13.5. The van der Waals surface area contributed by atoms with Crippen LogP contribution in [0.25, 0.3) is 60.9 Å². The molecule has 1 spiro atoms. The van der Waals surface area contributed by atoms with Crippen molar-refractivity contribution >= 4 is 38.9 Å². The Hall–Kier alpha value is -8.40. The molecule has 1 aliphatic heterocycles. The van der Waals surface area contributed by atoms with Crippen LogP contribution in [0.4, 0.5) is 17.1 Å². The fraction of sp³-hybridized carbons (Fsp3) is 0.0164. The predicted octanol–water partition coefficient (Wildman–Crippen LogP) is 16.1. The molecule has 0 radical (unpaired) electrons. The van der Waals surface area contributed by atoms with Gasteiger partial charge < -0.3 is 14.2 Å². The summed E-state index contributed by atoms with van der Waals surface area (Å²) in [7, 11) is 0. The first-order chi connectivity index (χ1) is 31.8. The van der Waals surface area contributed by atoms with E-state index >= 15 is 0 Å². The molecule has 1 aliphatic carbocycles. The van der Waals surface area contributed by atoms with Gasteiger partial charge >= 0.3 is 0 Å². The third-order valence-electron chi connectivity index (χ3n) is 13.5. The van der Waals surface area contributed by atoms with E-state index in [1.54, 1.807) is 0 Å². The second-order valence-electron chi connectivity index (χ2n) is 16.8. The SMILES string of the molecule is c1ccc(-c2ccc(N(c3ccc(-n4c5ccccc5c5ccc6c(c54)Oc4ccccc4C64c5ccccc5-c5ccccc54)cc3)c3ccccc3-c3ccccc3)cc2)cc1. The van der Waals surface area contributed by atoms with Gasteiger partial charge in [0.25, 0.3) is 0 Å². The average molecular weight is 817 g/mol. The molecular formula is C61H40N2O. The normalized spacial score (nSPS) is 12.9. The molecule has 0 saturated carbocycles. The number of nitrogens with zero attached hydrogens (tertiary/aromatic N) is 2. The van der Waals surface area contributed by atoms with Crippen LogP contribution in [0.3, 0.4) is 0 Å². The van der Waals surface area contributed by atoms with Gasteiger partial charge in [-0.1, -0.05) is 188 Å². The van der Waals surface area contributed by atoms with Gasteiger partial charge in [-0.15, -0.1) is 0 Å². The van der Waals surface area contributed by atoms with E-state index in [0.29, 0.717) is 0 Å². The number of anilines is 3. The highest BCUT2D eigenvalue weighted by Crippen LogP contribution is 2.63. The van der Waals surface area contributed by atoms with Gasteiger partial charge in [-0.3, -0.25) is 0 Å². The Kier molecular flexibility index (Phi) is 8.13. The Balaban J connectivity index is 1.02. The Morgan fingerprint density at radius 2 is 0.891 bits per heavy atom. The summed E-state index contributed by atoms with van der Waals surface area (Å²) < 4.78 is 9.66. The van der Waals surface area contributed by atoms with E-state index in [1.807, 2.05) is 0 Å². The molecule has 3 nitrogen and oxygen atoms in total. The van der Waals surface area contributed by atoms with Crippen molar-refractivity contribution in [2.45, 2.75) is 5.41 Å². The largest absolute Gasteiger partial charge is 0.454 e. The molecule has 0 bridgehead atoms. The first-order valence-corrected chi connectivity index (χ1v) is 22.0. The summed E-state index contributed by atoms with van der Waals surface area (Å²) in [4.78, 5) is 2.38. The van der Waals surface area contributed by atoms with Gasteiger partial charge in [-0.25, -0.2) is 0 Å². The quantitative estimate of drug-likeness (QED) is 0.166. The fourth-order valence-electron chi connectivity index (χ4n) is 10.8. The van der Waals surface area contributed by atoms with E-state index in [0.717, 1.165) is 61.8 Å². The summed E-state index contributed by atoms with van der Waals surface area (Å²) in [6.45, 7) is 0. The Morgan fingerprint density at radius 3 is 1.59 bits per heavy atom. The smallest absolute Gasteiger partial charge is 0.156 e. The highest BCUT2D eigenvalue weighted by Gasteiger charge is 2.51. The molecule has 300 valence electrons. The first kappa shape index (κ1) is 36.3. The lowest BCUT2D eigenvalue weighted by Crippen LogP contribution is -2.32. The number of benzene rings is 10. The summed E-state index contributed by atoms with van der Waals surface area (Å²) >= 11 is 0. The molecular weight excluding hydrogens is 777 g/mol. The average Bonchev–Trinajstić information content (AvgIpc) is 3.87. The van der Waals surface area contributed by atoms with Gasteiger partial charge in [0.2, 0.25) is 0 Å². The second-order valence-corrected chi connectivity index (χ2v) is 16.8. The predicted molar refractivity (Wildman–Crippen MR) is 264 cm³/mol. The monoisotopic (exact) mass is 816 g/mol. The topological polar surface area (TPSA) is 17.4 Å². The number of hydrogen-bond acceptors (Lipinski definition) is 2. The molecule has 0 N–H and O–H groups in total. The molecule has 0 saturated heterocycles. The lowest BCUT2D eigenvalue weighted by Gasteiger charge is -2.39. The van der Waals surface area contributed by atoms with E-state index in [2.05, 4.69) is 252 Å². The molecule has 64 heavy (non-hydrogen) atoms. The van der Waals surface area contributed by atoms with E-state index < -0.39 is 5.41 Å². The van der Waals surface area contributed by atoms with Crippen molar-refractivity contribution in [3.05, 3.63) is 265 Å². The van der Waals surface area contributed by atoms with Crippen LogP contribution >= 0.6 is 0 Å². The summed E-state index contributed by atoms with van der Waals surface area (Å²) in [6.07, 6.45) is 0. The maximum Gasteiger partial charge on any atom is 0.156 e. The zero-order valence-electron chi connectivity index (χ0n) is 34.9. The number of ether oxygens (including phenoxy) is 1. The van der Waals surface area contributed by atoms with Gasteiger partial charge in [0.1, 0.15) is 5.75 Å². The molecule has 0 unspecified atom stereocenters. The van der Waals surface area contributed by atoms with Crippen LogP contribution in [0.1, 0.15) is 22.3 Å². The van der Waals surface area contributed by atoms with Crippen LogP contribution in [0, 0.1) is 0 Å². The van der Waals surface area contributed by atoms with E-state index in [1.165, 1.54) is 49.9 Å². The Bertz CT molecular complexity index is 3520. The minimum absolute atomic E-state index is 0.556. The third kappa shape index (κ3) is 5.28. The van der Waals surface area contributed by atoms with E-state index in [4.69, 9.17) is 4.74 Å². The summed E-state index contributed by atoms with van der Waals surface area (Å²) in [5.74, 6) is 1.77. The number of para-hydroxylation sites is 3. The van der Waals surface area contributed by atoms with Crippen LogP contribution < -0.4 is 9.64 Å². The van der Waals surface area contributed by atoms with E-state index in [-0.39, 0.29) is 0 Å². The van der Waals surface area contributed by atoms with Gasteiger partial charge in [0, 0.05) is 44.5 Å². The summed E-state index contributed by atoms with van der Waals surface area (Å²) in [5, 5.41) is 2.34. The molecule has 13 rings (SSSR count). The van der Waals surface area contributed by atoms with Crippen molar-refractivity contribution in [2.75, 3.05) is 4.90 Å². The van der Waals surface area contributed by atoms with Crippen molar-refractivity contribution in [3.63, 3.8) is 0 Å². The number of hydrogen-bond donors (Lipinski definition) is 0. The van der Waals surface area contributed by atoms with Crippen LogP contribution in [-0.4, -0.2) is 4.57 Å². The zero-order valence-corrected chi connectivity index (χ0v) is 34.9. The molecule has 10 aromatic carbocycles. The van der Waals surface area contributed by atoms with Crippen LogP contribution in [0.15, 0.2) is 243 Å². The molecule has 3 heteroatoms. The van der Waals surface area contributed by atoms with Crippen molar-refractivity contribution in [2.24, 2.45) is 0 Å². The van der Waals surface area contributed by atoms with Crippen molar-refractivity contribution < 1.29 is 4.74 Å². The van der Waals surface area contributed by atoms with Crippen molar-refractivity contribution in [1.82, 2.24) is 4.57 Å². The minimum Gasteiger partial charge on any atom is -0.454 e. The molecule has 1 aromatic heterocycles. The second kappa shape index (κ2) is 14.3. The zero-order chi connectivity index (χ0) is 42.2. The van der Waals surface area contributed by atoms with Gasteiger partial charge in [-0.05, 0) is 93.5 Å². The van der Waals surface area contributed by atoms with E-state index in [9.17, 15) is 0 Å². The first-order valence-electron chi connectivity index (χ1n) is 22.0. The lowest BCUT2D eigenvalue weighted by atomic mass is 9.66. The van der Waals surface area contributed by atoms with Crippen molar-refractivity contribution in [3.8, 4) is 50.6 Å². The highest BCUT2D eigenvalue weighted by atomic mass is 16.5. The maximum atomic E-state index is 7.24. The van der Waals surface area contributed by atoms with Gasteiger partial charge in [0.05, 0.1) is 22.1 Å². The van der Waals surface area contributed by atoms with Crippen LogP contribution in [0.5, 0.6) is 11.5 Å². The Morgan fingerprint density at radius 1 is 0.359 bits per heavy atom. The van der Waals surface area contributed by atoms with Gasteiger partial charge in [0.15, 0.2) is 5.75 Å². The van der Waals surface area contributed by atoms with Crippen LogP contribution in [0.2, 0.25) is 0 Å². The molecule has 2 heterocycles. The fourth-order valence-corrected chi connectivity index (χ4v) is 10.8. The van der Waals surface area contributed by atoms with Crippen molar-refractivity contribution in [1.29, 1.82) is 0 Å². The summed E-state index contributed by atoms with van der Waals surface area (Å²) in [5.41, 5.74) is 18.1. The number of rotatable bonds is 6. The van der Waals surface area contributed by atoms with Gasteiger partial charge in [-0.2, -0.15) is 0 Å². The molecule has 2 aliphatic rings. The standard InChI is InChI=1S/C61H40N2O/c1-3-17-41(18-4-1)42-31-33-44(34-32-42)62(56-28-14-9-21-47(56)43-19-5-2-6-20-43)45-35-37-46(38-36-45)63-57-29-15-10-24-50(57)51-39-40-55-60(59(51)63)64-58-30-16-13-27-54(58)61(55)52-25-11-7-22-48(52)49-23-8-12-26-53(49)61/h1-40H. The molecule has 0 amide bonds. The molecule has 0 atom stereocenters. The molecule has 11 aromatic rings. The number of fused-ring (bicyclic) bond motifs is 13. The lowest BCUT2D eigenvalue weighted by molar-refractivity contribution is 0.440. The van der Waals surface area contributed by atoms with Crippen LogP contribution in [-0.2, 0) is 5.41 Å². The highest BCUT2D eigenvalue weighted by molar-refractivity contribution is 6.12. The maximum absolute atomic E-state index is 7.24. The Labute approximate surface area is 372 Å². The minimum atomic E-state index is -0.556.